The molecular formula is C13H23N3O2. The SMILES string of the molecule is CCNc1cncc(NCCCOCCOC)c1. The van der Waals surface area contributed by atoms with Gasteiger partial charge >= 0.3 is 0 Å². The molecule has 0 aliphatic carbocycles. The van der Waals surface area contributed by atoms with Gasteiger partial charge in [-0.25, -0.2) is 0 Å². The Bertz CT molecular complexity index is 321. The van der Waals surface area contributed by atoms with Gasteiger partial charge in [0.1, 0.15) is 0 Å². The topological polar surface area (TPSA) is 55.4 Å². The largest absolute Gasteiger partial charge is 0.384 e. The molecule has 0 fully saturated rings. The smallest absolute Gasteiger partial charge is 0.0700 e. The van der Waals surface area contributed by atoms with Crippen LogP contribution in [0.3, 0.4) is 0 Å². The fourth-order valence-corrected chi connectivity index (χ4v) is 1.49. The Hall–Kier alpha value is -1.33. The second-order valence-corrected chi connectivity index (χ2v) is 3.88. The minimum absolute atomic E-state index is 0.655. The highest BCUT2D eigenvalue weighted by molar-refractivity contribution is 5.53. The van der Waals surface area contributed by atoms with Crippen molar-refractivity contribution in [2.45, 2.75) is 13.3 Å². The lowest BCUT2D eigenvalue weighted by Crippen LogP contribution is -2.08. The Balaban J connectivity index is 2.13. The van der Waals surface area contributed by atoms with E-state index in [0.29, 0.717) is 13.2 Å². The summed E-state index contributed by atoms with van der Waals surface area (Å²) < 4.78 is 10.3. The Kier molecular flexibility index (Phi) is 7.92. The molecule has 0 unspecified atom stereocenters. The van der Waals surface area contributed by atoms with E-state index in [-0.39, 0.29) is 0 Å². The number of methoxy groups -OCH3 is 1. The van der Waals surface area contributed by atoms with Crippen LogP contribution in [-0.2, 0) is 9.47 Å². The lowest BCUT2D eigenvalue weighted by Gasteiger charge is -2.08. The summed E-state index contributed by atoms with van der Waals surface area (Å²) in [5, 5.41) is 6.55. The number of nitrogens with one attached hydrogen (secondary N) is 2. The average Bonchev–Trinajstić information content (AvgIpc) is 2.39. The Morgan fingerprint density at radius 2 is 1.89 bits per heavy atom. The maximum atomic E-state index is 5.38. The second kappa shape index (κ2) is 9.67. The van der Waals surface area contributed by atoms with E-state index < -0.39 is 0 Å². The molecule has 1 rings (SSSR count). The molecule has 0 amide bonds. The normalized spacial score (nSPS) is 10.3. The van der Waals surface area contributed by atoms with E-state index in [1.165, 1.54) is 0 Å². The highest BCUT2D eigenvalue weighted by Crippen LogP contribution is 2.12. The van der Waals surface area contributed by atoms with Gasteiger partial charge in [-0.1, -0.05) is 0 Å². The molecule has 0 aliphatic rings. The first-order chi connectivity index (χ1) is 8.86. The van der Waals surface area contributed by atoms with Gasteiger partial charge in [0.05, 0.1) is 37.0 Å². The van der Waals surface area contributed by atoms with Gasteiger partial charge in [-0.15, -0.1) is 0 Å². The Morgan fingerprint density at radius 1 is 1.11 bits per heavy atom. The number of hydrogen-bond acceptors (Lipinski definition) is 5. The first-order valence-corrected chi connectivity index (χ1v) is 6.36. The molecule has 0 spiro atoms. The molecule has 1 aromatic rings. The van der Waals surface area contributed by atoms with Crippen LogP contribution in [0, 0.1) is 0 Å². The number of pyridine rings is 1. The second-order valence-electron chi connectivity index (χ2n) is 3.88. The lowest BCUT2D eigenvalue weighted by molar-refractivity contribution is 0.0705. The summed E-state index contributed by atoms with van der Waals surface area (Å²) in [6.45, 7) is 5.91. The van der Waals surface area contributed by atoms with Crippen LogP contribution in [0.1, 0.15) is 13.3 Å². The average molecular weight is 253 g/mol. The number of hydrogen-bond donors (Lipinski definition) is 2. The minimum Gasteiger partial charge on any atom is -0.384 e. The third-order valence-corrected chi connectivity index (χ3v) is 2.35. The molecule has 102 valence electrons. The van der Waals surface area contributed by atoms with Crippen LogP contribution < -0.4 is 10.6 Å². The monoisotopic (exact) mass is 253 g/mol. The van der Waals surface area contributed by atoms with E-state index in [9.17, 15) is 0 Å². The summed E-state index contributed by atoms with van der Waals surface area (Å²) >= 11 is 0. The van der Waals surface area contributed by atoms with Crippen LogP contribution in [0.25, 0.3) is 0 Å². The lowest BCUT2D eigenvalue weighted by atomic mass is 10.3. The zero-order valence-corrected chi connectivity index (χ0v) is 11.2. The molecule has 5 nitrogen and oxygen atoms in total. The van der Waals surface area contributed by atoms with Gasteiger partial charge < -0.3 is 20.1 Å². The molecule has 5 heteroatoms. The summed E-state index contributed by atoms with van der Waals surface area (Å²) in [7, 11) is 1.68. The highest BCUT2D eigenvalue weighted by atomic mass is 16.5. The van der Waals surface area contributed by atoms with E-state index in [1.54, 1.807) is 7.11 Å². The van der Waals surface area contributed by atoms with Gasteiger partial charge in [-0.05, 0) is 19.4 Å². The minimum atomic E-state index is 0.655. The summed E-state index contributed by atoms with van der Waals surface area (Å²) in [6.07, 6.45) is 4.62. The van der Waals surface area contributed by atoms with Gasteiger partial charge in [-0.2, -0.15) is 0 Å². The predicted octanol–water partition coefficient (Wildman–Crippen LogP) is 1.98. The van der Waals surface area contributed by atoms with Crippen molar-refractivity contribution in [1.82, 2.24) is 4.98 Å². The quantitative estimate of drug-likeness (QED) is 0.624. The van der Waals surface area contributed by atoms with E-state index in [4.69, 9.17) is 9.47 Å². The van der Waals surface area contributed by atoms with Crippen molar-refractivity contribution < 1.29 is 9.47 Å². The molecule has 0 saturated heterocycles. The van der Waals surface area contributed by atoms with E-state index in [0.717, 1.165) is 37.5 Å². The molecule has 0 saturated carbocycles. The zero-order chi connectivity index (χ0) is 13.1. The van der Waals surface area contributed by atoms with Crippen molar-refractivity contribution in [3.8, 4) is 0 Å². The Labute approximate surface area is 109 Å². The molecule has 1 heterocycles. The molecule has 18 heavy (non-hydrogen) atoms. The first kappa shape index (κ1) is 14.7. The van der Waals surface area contributed by atoms with Crippen molar-refractivity contribution >= 4 is 11.4 Å². The molecular weight excluding hydrogens is 230 g/mol. The fourth-order valence-electron chi connectivity index (χ4n) is 1.49. The number of ether oxygens (including phenoxy) is 2. The fraction of sp³-hybridized carbons (Fsp3) is 0.615. The van der Waals surface area contributed by atoms with Crippen LogP contribution in [0.4, 0.5) is 11.4 Å². The predicted molar refractivity (Wildman–Crippen MR) is 74.2 cm³/mol. The van der Waals surface area contributed by atoms with Crippen molar-refractivity contribution in [3.05, 3.63) is 18.5 Å². The number of rotatable bonds is 10. The van der Waals surface area contributed by atoms with Gasteiger partial charge in [0.2, 0.25) is 0 Å². The van der Waals surface area contributed by atoms with Gasteiger partial charge in [-0.3, -0.25) is 4.98 Å². The van der Waals surface area contributed by atoms with Crippen LogP contribution in [0.15, 0.2) is 18.5 Å². The summed E-state index contributed by atoms with van der Waals surface area (Å²) in [5.41, 5.74) is 2.07. The van der Waals surface area contributed by atoms with Crippen molar-refractivity contribution in [1.29, 1.82) is 0 Å². The molecule has 0 radical (unpaired) electrons. The van der Waals surface area contributed by atoms with Crippen LogP contribution in [0.5, 0.6) is 0 Å². The number of anilines is 2. The van der Waals surface area contributed by atoms with Gasteiger partial charge in [0.15, 0.2) is 0 Å². The third kappa shape index (κ3) is 6.42. The summed E-state index contributed by atoms with van der Waals surface area (Å²) in [6, 6.07) is 2.06. The molecule has 0 aliphatic heterocycles. The van der Waals surface area contributed by atoms with Gasteiger partial charge in [0, 0.05) is 26.8 Å². The maximum absolute atomic E-state index is 5.38. The van der Waals surface area contributed by atoms with Crippen LogP contribution in [0.2, 0.25) is 0 Å². The highest BCUT2D eigenvalue weighted by Gasteiger charge is 1.95. The zero-order valence-electron chi connectivity index (χ0n) is 11.2. The van der Waals surface area contributed by atoms with E-state index in [2.05, 4.69) is 28.6 Å². The standard InChI is InChI=1S/C13H23N3O2/c1-3-15-12-9-13(11-14-10-12)16-5-4-6-18-8-7-17-2/h9-11,15-16H,3-8H2,1-2H3. The molecule has 0 atom stereocenters. The third-order valence-electron chi connectivity index (χ3n) is 2.35. The molecule has 0 aromatic carbocycles. The first-order valence-electron chi connectivity index (χ1n) is 6.36. The van der Waals surface area contributed by atoms with Gasteiger partial charge in [0.25, 0.3) is 0 Å². The summed E-state index contributed by atoms with van der Waals surface area (Å²) in [5.74, 6) is 0. The van der Waals surface area contributed by atoms with Crippen molar-refractivity contribution in [2.24, 2.45) is 0 Å². The number of nitrogens with zero attached hydrogens (tertiary/aromatic N) is 1. The molecule has 2 N–H and O–H groups in total. The number of aromatic nitrogens is 1. The Morgan fingerprint density at radius 3 is 2.61 bits per heavy atom. The van der Waals surface area contributed by atoms with Crippen LogP contribution in [-0.4, -0.2) is 45.0 Å². The van der Waals surface area contributed by atoms with E-state index >= 15 is 0 Å². The van der Waals surface area contributed by atoms with Crippen molar-refractivity contribution in [3.63, 3.8) is 0 Å². The summed E-state index contributed by atoms with van der Waals surface area (Å²) in [4.78, 5) is 4.17. The maximum Gasteiger partial charge on any atom is 0.0700 e. The van der Waals surface area contributed by atoms with Crippen LogP contribution >= 0.6 is 0 Å². The molecule has 1 aromatic heterocycles. The van der Waals surface area contributed by atoms with Crippen molar-refractivity contribution in [2.75, 3.05) is 50.7 Å². The van der Waals surface area contributed by atoms with E-state index in [1.807, 2.05) is 12.4 Å². The molecule has 0 bridgehead atoms.